The maximum atomic E-state index is 12.2. The lowest BCUT2D eigenvalue weighted by molar-refractivity contribution is -0.111. The van der Waals surface area contributed by atoms with Gasteiger partial charge in [0.1, 0.15) is 11.1 Å². The zero-order chi connectivity index (χ0) is 18.6. The van der Waals surface area contributed by atoms with Gasteiger partial charge >= 0.3 is 0 Å². The van der Waals surface area contributed by atoms with Crippen LogP contribution >= 0.6 is 11.3 Å². The van der Waals surface area contributed by atoms with E-state index in [4.69, 9.17) is 0 Å². The van der Waals surface area contributed by atoms with Gasteiger partial charge in [0.15, 0.2) is 0 Å². The molecule has 0 saturated carbocycles. The Labute approximate surface area is 154 Å². The van der Waals surface area contributed by atoms with Crippen molar-refractivity contribution in [2.75, 3.05) is 5.32 Å². The number of rotatable bonds is 4. The number of benzene rings is 1. The van der Waals surface area contributed by atoms with Gasteiger partial charge in [-0.25, -0.2) is 0 Å². The fourth-order valence-corrected chi connectivity index (χ4v) is 3.73. The first kappa shape index (κ1) is 19.0. The fourth-order valence-electron chi connectivity index (χ4n) is 2.63. The summed E-state index contributed by atoms with van der Waals surface area (Å²) < 4.78 is 0. The van der Waals surface area contributed by atoms with E-state index in [1.165, 1.54) is 23.0 Å². The van der Waals surface area contributed by atoms with E-state index in [9.17, 15) is 10.1 Å². The van der Waals surface area contributed by atoms with Gasteiger partial charge in [-0.05, 0) is 41.5 Å². The minimum atomic E-state index is -0.222. The molecule has 0 unspecified atom stereocenters. The van der Waals surface area contributed by atoms with Gasteiger partial charge in [0.25, 0.3) is 0 Å². The van der Waals surface area contributed by atoms with Gasteiger partial charge < -0.3 is 5.32 Å². The van der Waals surface area contributed by atoms with Crippen LogP contribution in [-0.4, -0.2) is 5.91 Å². The highest BCUT2D eigenvalue weighted by Crippen LogP contribution is 2.32. The summed E-state index contributed by atoms with van der Waals surface area (Å²) in [5.41, 5.74) is 3.95. The SMILES string of the molecule is CCc1c(C)sc(NC(=O)/C=C/c2ccc(C(C)(C)C)cc2)c1C#N. The summed E-state index contributed by atoms with van der Waals surface area (Å²) in [6.07, 6.45) is 4.08. The first-order valence-electron chi connectivity index (χ1n) is 8.38. The molecule has 0 atom stereocenters. The normalized spacial score (nSPS) is 11.5. The summed E-state index contributed by atoms with van der Waals surface area (Å²) in [7, 11) is 0. The largest absolute Gasteiger partial charge is 0.313 e. The zero-order valence-electron chi connectivity index (χ0n) is 15.4. The second-order valence-corrected chi connectivity index (χ2v) is 8.23. The van der Waals surface area contributed by atoms with Crippen LogP contribution in [-0.2, 0) is 16.6 Å². The molecule has 0 aliphatic carbocycles. The van der Waals surface area contributed by atoms with E-state index in [1.54, 1.807) is 6.08 Å². The van der Waals surface area contributed by atoms with Gasteiger partial charge in [-0.1, -0.05) is 52.0 Å². The van der Waals surface area contributed by atoms with Crippen LogP contribution in [0.25, 0.3) is 6.08 Å². The Hall–Kier alpha value is -2.38. The summed E-state index contributed by atoms with van der Waals surface area (Å²) in [5, 5.41) is 12.8. The van der Waals surface area contributed by atoms with Crippen LogP contribution in [0.2, 0.25) is 0 Å². The number of carbonyl (C=O) groups is 1. The molecule has 0 aliphatic rings. The van der Waals surface area contributed by atoms with Gasteiger partial charge in [0.05, 0.1) is 5.56 Å². The predicted octanol–water partition coefficient (Wildman–Crippen LogP) is 5.44. The molecule has 3 nitrogen and oxygen atoms in total. The van der Waals surface area contributed by atoms with E-state index in [-0.39, 0.29) is 11.3 Å². The Balaban J connectivity index is 2.10. The predicted molar refractivity (Wildman–Crippen MR) is 106 cm³/mol. The van der Waals surface area contributed by atoms with Crippen molar-refractivity contribution in [3.05, 3.63) is 57.5 Å². The van der Waals surface area contributed by atoms with E-state index >= 15 is 0 Å². The lowest BCUT2D eigenvalue weighted by Gasteiger charge is -2.18. The highest BCUT2D eigenvalue weighted by atomic mass is 32.1. The molecule has 0 saturated heterocycles. The molecule has 1 heterocycles. The quantitative estimate of drug-likeness (QED) is 0.745. The molecule has 0 radical (unpaired) electrons. The van der Waals surface area contributed by atoms with Gasteiger partial charge in [-0.15, -0.1) is 11.3 Å². The molecule has 1 N–H and O–H groups in total. The van der Waals surface area contributed by atoms with Crippen molar-refractivity contribution < 1.29 is 4.79 Å². The third-order valence-electron chi connectivity index (χ3n) is 4.11. The molecular weight excluding hydrogens is 328 g/mol. The van der Waals surface area contributed by atoms with Crippen LogP contribution in [0.3, 0.4) is 0 Å². The summed E-state index contributed by atoms with van der Waals surface area (Å²) in [5.74, 6) is -0.222. The lowest BCUT2D eigenvalue weighted by Crippen LogP contribution is -2.10. The first-order valence-corrected chi connectivity index (χ1v) is 9.20. The molecule has 1 amide bonds. The van der Waals surface area contributed by atoms with E-state index < -0.39 is 0 Å². The number of hydrogen-bond donors (Lipinski definition) is 1. The van der Waals surface area contributed by atoms with Crippen molar-refractivity contribution in [1.82, 2.24) is 0 Å². The molecule has 25 heavy (non-hydrogen) atoms. The molecule has 0 spiro atoms. The Morgan fingerprint density at radius 2 is 1.92 bits per heavy atom. The van der Waals surface area contributed by atoms with Gasteiger partial charge in [0.2, 0.25) is 5.91 Å². The second kappa shape index (κ2) is 7.67. The third kappa shape index (κ3) is 4.58. The zero-order valence-corrected chi connectivity index (χ0v) is 16.3. The molecule has 2 aromatic rings. The Bertz CT molecular complexity index is 831. The third-order valence-corrected chi connectivity index (χ3v) is 5.18. The van der Waals surface area contributed by atoms with Gasteiger partial charge in [0, 0.05) is 11.0 Å². The standard InChI is InChI=1S/C21H24N2OS/c1-6-17-14(2)25-20(18(17)13-22)23-19(24)12-9-15-7-10-16(11-8-15)21(3,4)5/h7-12H,6H2,1-5H3,(H,23,24)/b12-9+. The highest BCUT2D eigenvalue weighted by molar-refractivity contribution is 7.16. The number of aryl methyl sites for hydroxylation is 1. The Kier molecular flexibility index (Phi) is 5.81. The number of nitrogens with one attached hydrogen (secondary N) is 1. The van der Waals surface area contributed by atoms with E-state index in [0.717, 1.165) is 22.4 Å². The minimum absolute atomic E-state index is 0.112. The van der Waals surface area contributed by atoms with Crippen LogP contribution < -0.4 is 5.32 Å². The molecule has 2 rings (SSSR count). The van der Waals surface area contributed by atoms with Crippen molar-refractivity contribution in [1.29, 1.82) is 5.26 Å². The first-order chi connectivity index (χ1) is 11.8. The molecule has 0 aliphatic heterocycles. The second-order valence-electron chi connectivity index (χ2n) is 7.00. The molecule has 0 bridgehead atoms. The van der Waals surface area contributed by atoms with Crippen LogP contribution in [0.1, 0.15) is 54.8 Å². The number of anilines is 1. The summed E-state index contributed by atoms with van der Waals surface area (Å²) >= 11 is 1.46. The van der Waals surface area contributed by atoms with Crippen LogP contribution in [0.5, 0.6) is 0 Å². The van der Waals surface area contributed by atoms with Crippen molar-refractivity contribution in [3.8, 4) is 6.07 Å². The van der Waals surface area contributed by atoms with Crippen molar-refractivity contribution in [2.45, 2.75) is 46.5 Å². The molecule has 4 heteroatoms. The van der Waals surface area contributed by atoms with Crippen LogP contribution in [0, 0.1) is 18.3 Å². The average molecular weight is 353 g/mol. The van der Waals surface area contributed by atoms with Crippen molar-refractivity contribution in [2.24, 2.45) is 0 Å². The van der Waals surface area contributed by atoms with E-state index in [0.29, 0.717) is 10.6 Å². The number of thiophene rings is 1. The van der Waals surface area contributed by atoms with Gasteiger partial charge in [-0.2, -0.15) is 5.26 Å². The lowest BCUT2D eigenvalue weighted by atomic mass is 9.87. The monoisotopic (exact) mass is 352 g/mol. The highest BCUT2D eigenvalue weighted by Gasteiger charge is 2.15. The Morgan fingerprint density at radius 3 is 2.44 bits per heavy atom. The molecule has 130 valence electrons. The average Bonchev–Trinajstić information content (AvgIpc) is 2.86. The smallest absolute Gasteiger partial charge is 0.249 e. The van der Waals surface area contributed by atoms with Crippen LogP contribution in [0.15, 0.2) is 30.3 Å². The van der Waals surface area contributed by atoms with Gasteiger partial charge in [-0.3, -0.25) is 4.79 Å². The van der Waals surface area contributed by atoms with E-state index in [2.05, 4.69) is 44.3 Å². The minimum Gasteiger partial charge on any atom is -0.313 e. The maximum absolute atomic E-state index is 12.2. The molecule has 1 aromatic carbocycles. The number of amides is 1. The molecular formula is C21H24N2OS. The maximum Gasteiger partial charge on any atom is 0.249 e. The summed E-state index contributed by atoms with van der Waals surface area (Å²) in [4.78, 5) is 13.3. The Morgan fingerprint density at radius 1 is 1.28 bits per heavy atom. The number of carbonyl (C=O) groups excluding carboxylic acids is 1. The topological polar surface area (TPSA) is 52.9 Å². The van der Waals surface area contributed by atoms with E-state index in [1.807, 2.05) is 26.0 Å². The number of nitrogens with zero attached hydrogens (tertiary/aromatic N) is 1. The van der Waals surface area contributed by atoms with Crippen LogP contribution in [0.4, 0.5) is 5.00 Å². The van der Waals surface area contributed by atoms with Crippen molar-refractivity contribution in [3.63, 3.8) is 0 Å². The van der Waals surface area contributed by atoms with Crippen molar-refractivity contribution >= 4 is 28.3 Å². The fraction of sp³-hybridized carbons (Fsp3) is 0.333. The number of nitriles is 1. The number of hydrogen-bond acceptors (Lipinski definition) is 3. The summed E-state index contributed by atoms with van der Waals surface area (Å²) in [6.45, 7) is 10.5. The molecule has 0 fully saturated rings. The summed E-state index contributed by atoms with van der Waals surface area (Å²) in [6, 6.07) is 10.4. The molecule has 1 aromatic heterocycles.